The molecule has 11 heteroatoms. The van der Waals surface area contributed by atoms with Crippen LogP contribution in [-0.4, -0.2) is 54.0 Å². The average molecular weight is 517 g/mol. The molecule has 5 atom stereocenters. The molecule has 0 saturated carbocycles. The van der Waals surface area contributed by atoms with Gasteiger partial charge in [0.05, 0.1) is 23.3 Å². The Bertz CT molecular complexity index is 1260. The molecule has 2 aromatic carbocycles. The fourth-order valence-corrected chi connectivity index (χ4v) is 5.88. The molecule has 3 aliphatic heterocycles. The van der Waals surface area contributed by atoms with Gasteiger partial charge in [-0.2, -0.15) is 0 Å². The van der Waals surface area contributed by atoms with E-state index >= 15 is 0 Å². The molecular weight excluding hydrogens is 491 g/mol. The zero-order valence-electron chi connectivity index (χ0n) is 19.7. The fourth-order valence-electron chi connectivity index (χ4n) is 5.68. The van der Waals surface area contributed by atoms with Crippen molar-refractivity contribution in [3.8, 4) is 0 Å². The molecule has 1 spiro atoms. The van der Waals surface area contributed by atoms with E-state index in [1.807, 2.05) is 24.8 Å². The molecule has 0 radical (unpaired) electrons. The molecule has 1 unspecified atom stereocenters. The molecule has 2 aromatic rings. The summed E-state index contributed by atoms with van der Waals surface area (Å²) >= 11 is 5.82. The number of ether oxygens (including phenoxy) is 1. The zero-order chi connectivity index (χ0) is 25.8. The van der Waals surface area contributed by atoms with E-state index in [1.54, 1.807) is 12.1 Å². The van der Waals surface area contributed by atoms with Gasteiger partial charge in [0.15, 0.2) is 0 Å². The van der Waals surface area contributed by atoms with Crippen molar-refractivity contribution in [1.82, 2.24) is 16.0 Å². The first-order valence-electron chi connectivity index (χ1n) is 11.7. The lowest BCUT2D eigenvalue weighted by Crippen LogP contribution is -2.76. The van der Waals surface area contributed by atoms with Crippen molar-refractivity contribution >= 4 is 35.1 Å². The minimum Gasteiger partial charge on any atom is -0.372 e. The highest BCUT2D eigenvalue weighted by atomic mass is 35.5. The van der Waals surface area contributed by atoms with Crippen molar-refractivity contribution < 1.29 is 28.6 Å². The number of urea groups is 1. The van der Waals surface area contributed by atoms with Crippen LogP contribution in [0.5, 0.6) is 0 Å². The van der Waals surface area contributed by atoms with Gasteiger partial charge < -0.3 is 25.4 Å². The largest absolute Gasteiger partial charge is 0.372 e. The zero-order valence-corrected chi connectivity index (χ0v) is 20.4. The van der Waals surface area contributed by atoms with E-state index in [0.717, 1.165) is 5.69 Å². The molecule has 36 heavy (non-hydrogen) atoms. The molecule has 9 nitrogen and oxygen atoms in total. The number of nitrogens with zero attached hydrogens (tertiary/aromatic N) is 1. The number of anilines is 1. The van der Waals surface area contributed by atoms with E-state index in [9.17, 15) is 23.9 Å². The van der Waals surface area contributed by atoms with Crippen LogP contribution < -0.4 is 20.9 Å². The summed E-state index contributed by atoms with van der Waals surface area (Å²) < 4.78 is 19.4. The average Bonchev–Trinajstić information content (AvgIpc) is 2.82. The summed E-state index contributed by atoms with van der Waals surface area (Å²) in [4.78, 5) is 40.1. The number of hydrogen-bond donors (Lipinski definition) is 4. The van der Waals surface area contributed by atoms with Gasteiger partial charge in [0.2, 0.25) is 5.91 Å². The number of amides is 4. The Morgan fingerprint density at radius 1 is 1.28 bits per heavy atom. The van der Waals surface area contributed by atoms with E-state index in [0.29, 0.717) is 23.2 Å². The number of aliphatic hydroxyl groups excluding tert-OH is 1. The van der Waals surface area contributed by atoms with Crippen LogP contribution in [0.25, 0.3) is 0 Å². The highest BCUT2D eigenvalue weighted by Crippen LogP contribution is 2.48. The van der Waals surface area contributed by atoms with Gasteiger partial charge in [0.25, 0.3) is 5.91 Å². The minimum absolute atomic E-state index is 0.0271. The summed E-state index contributed by atoms with van der Waals surface area (Å²) in [6.45, 7) is 4.39. The number of carbonyl (C=O) groups excluding carboxylic acids is 3. The summed E-state index contributed by atoms with van der Waals surface area (Å²) in [6.07, 6.45) is -1.90. The number of carbonyl (C=O) groups is 3. The second kappa shape index (κ2) is 9.02. The molecule has 2 fully saturated rings. The molecular formula is C25H26ClFN4O5. The molecule has 0 aliphatic carbocycles. The van der Waals surface area contributed by atoms with Crippen LogP contribution in [0.3, 0.4) is 0 Å². The number of morpholine rings is 1. The van der Waals surface area contributed by atoms with Gasteiger partial charge >= 0.3 is 6.03 Å². The Balaban J connectivity index is 1.47. The highest BCUT2D eigenvalue weighted by molar-refractivity contribution is 6.30. The molecule has 5 rings (SSSR count). The lowest BCUT2D eigenvalue weighted by Gasteiger charge is -2.57. The maximum Gasteiger partial charge on any atom is 0.323 e. The number of rotatable bonds is 3. The second-order valence-corrected chi connectivity index (χ2v) is 9.98. The molecule has 2 saturated heterocycles. The lowest BCUT2D eigenvalue weighted by atomic mass is 9.66. The van der Waals surface area contributed by atoms with Crippen molar-refractivity contribution in [3.05, 3.63) is 63.9 Å². The SMILES string of the molecule is C[C@@H]1CN2c3ccc(C(=O)NCc4ccc(F)c(Cl)c4)cc3C[C@@]3(C(=O)NC(=O)NC3O)[C@H]2[C@H](C)O1. The number of fused-ring (bicyclic) bond motifs is 4. The number of aliphatic hydroxyl groups is 1. The number of imide groups is 1. The summed E-state index contributed by atoms with van der Waals surface area (Å²) in [7, 11) is 0. The summed E-state index contributed by atoms with van der Waals surface area (Å²) in [5.74, 6) is -1.49. The lowest BCUT2D eigenvalue weighted by molar-refractivity contribution is -0.155. The standard InChI is InChI=1S/C25H26ClFN4O5/c1-12-11-31-19-6-4-15(21(32)28-10-14-3-5-18(27)17(26)7-14)8-16(19)9-25(20(31)13(2)36-12)22(33)29-24(35)30-23(25)34/h3-8,12-13,20,22,33H,9-11H2,1-2H3,(H,28,32)(H2,29,30,34,35)/t12-,13+,20-,22?,25-/m1/s1. The third-order valence-electron chi connectivity index (χ3n) is 7.19. The second-order valence-electron chi connectivity index (χ2n) is 9.57. The topological polar surface area (TPSA) is 120 Å². The Kier molecular flexibility index (Phi) is 6.14. The van der Waals surface area contributed by atoms with Crippen molar-refractivity contribution in [3.63, 3.8) is 0 Å². The first-order chi connectivity index (χ1) is 17.1. The van der Waals surface area contributed by atoms with Gasteiger partial charge in [-0.1, -0.05) is 17.7 Å². The Labute approximate surface area is 211 Å². The van der Waals surface area contributed by atoms with E-state index in [4.69, 9.17) is 16.3 Å². The first kappa shape index (κ1) is 24.5. The molecule has 3 heterocycles. The predicted molar refractivity (Wildman–Crippen MR) is 129 cm³/mol. The van der Waals surface area contributed by atoms with Gasteiger partial charge in [-0.25, -0.2) is 9.18 Å². The molecule has 3 aliphatic rings. The van der Waals surface area contributed by atoms with Crippen molar-refractivity contribution in [1.29, 1.82) is 0 Å². The van der Waals surface area contributed by atoms with E-state index in [-0.39, 0.29) is 30.0 Å². The number of benzene rings is 2. The van der Waals surface area contributed by atoms with E-state index in [1.165, 1.54) is 18.2 Å². The monoisotopic (exact) mass is 516 g/mol. The van der Waals surface area contributed by atoms with Gasteiger partial charge in [0, 0.05) is 24.3 Å². The number of halogens is 2. The minimum atomic E-state index is -1.44. The van der Waals surface area contributed by atoms with Gasteiger partial charge in [-0.15, -0.1) is 0 Å². The van der Waals surface area contributed by atoms with Crippen LogP contribution in [0.15, 0.2) is 36.4 Å². The van der Waals surface area contributed by atoms with Crippen molar-refractivity contribution in [2.24, 2.45) is 5.41 Å². The molecule has 0 bridgehead atoms. The maximum atomic E-state index is 13.4. The van der Waals surface area contributed by atoms with Crippen LogP contribution >= 0.6 is 11.6 Å². The van der Waals surface area contributed by atoms with Crippen LogP contribution in [0.2, 0.25) is 5.02 Å². The van der Waals surface area contributed by atoms with E-state index in [2.05, 4.69) is 16.0 Å². The van der Waals surface area contributed by atoms with Gasteiger partial charge in [-0.05, 0) is 61.7 Å². The van der Waals surface area contributed by atoms with Gasteiger partial charge in [-0.3, -0.25) is 14.9 Å². The molecule has 4 N–H and O–H groups in total. The third kappa shape index (κ3) is 3.99. The van der Waals surface area contributed by atoms with Crippen LogP contribution in [0.4, 0.5) is 14.9 Å². The summed E-state index contributed by atoms with van der Waals surface area (Å²) in [5.41, 5.74) is 1.12. The summed E-state index contributed by atoms with van der Waals surface area (Å²) in [5, 5.41) is 18.5. The molecule has 4 amide bonds. The Morgan fingerprint density at radius 2 is 2.06 bits per heavy atom. The quantitative estimate of drug-likeness (QED) is 0.496. The van der Waals surface area contributed by atoms with Crippen LogP contribution in [-0.2, 0) is 22.5 Å². The maximum absolute atomic E-state index is 13.4. The van der Waals surface area contributed by atoms with E-state index < -0.39 is 41.5 Å². The smallest absolute Gasteiger partial charge is 0.323 e. The van der Waals surface area contributed by atoms with Crippen LogP contribution in [0.1, 0.15) is 35.3 Å². The van der Waals surface area contributed by atoms with Gasteiger partial charge in [0.1, 0.15) is 17.5 Å². The predicted octanol–water partition coefficient (Wildman–Crippen LogP) is 2.09. The fraction of sp³-hybridized carbons (Fsp3) is 0.400. The summed E-state index contributed by atoms with van der Waals surface area (Å²) in [6, 6.07) is 8.15. The molecule has 0 aromatic heterocycles. The van der Waals surface area contributed by atoms with Crippen molar-refractivity contribution in [2.45, 2.75) is 51.3 Å². The Morgan fingerprint density at radius 3 is 2.78 bits per heavy atom. The normalized spacial score (nSPS) is 29.2. The van der Waals surface area contributed by atoms with Crippen molar-refractivity contribution in [2.75, 3.05) is 11.4 Å². The highest BCUT2D eigenvalue weighted by Gasteiger charge is 2.62. The number of hydrogen-bond acceptors (Lipinski definition) is 6. The molecule has 190 valence electrons. The number of nitrogens with one attached hydrogen (secondary N) is 3. The van der Waals surface area contributed by atoms with Crippen LogP contribution in [0, 0.1) is 11.2 Å². The Hall–Kier alpha value is -3.21. The third-order valence-corrected chi connectivity index (χ3v) is 7.48. The first-order valence-corrected chi connectivity index (χ1v) is 12.0.